The van der Waals surface area contributed by atoms with Gasteiger partial charge in [0.25, 0.3) is 0 Å². The molecule has 0 bridgehead atoms. The van der Waals surface area contributed by atoms with Crippen molar-refractivity contribution >= 4 is 5.91 Å². The Labute approximate surface area is 120 Å². The van der Waals surface area contributed by atoms with E-state index in [2.05, 4.69) is 5.32 Å². The second-order valence-corrected chi connectivity index (χ2v) is 5.41. The number of rotatable bonds is 6. The van der Waals surface area contributed by atoms with Gasteiger partial charge in [0.2, 0.25) is 5.91 Å². The number of nitrogens with one attached hydrogen (secondary N) is 1. The molecule has 0 saturated heterocycles. The molecular formula is C16H24N2O2. The predicted molar refractivity (Wildman–Crippen MR) is 79.7 cm³/mol. The Morgan fingerprint density at radius 2 is 2.05 bits per heavy atom. The van der Waals surface area contributed by atoms with Crippen LogP contribution in [0, 0.1) is 0 Å². The van der Waals surface area contributed by atoms with Crippen molar-refractivity contribution in [3.63, 3.8) is 0 Å². The second kappa shape index (κ2) is 6.75. The minimum atomic E-state index is -0.639. The Bertz CT molecular complexity index is 454. The zero-order chi connectivity index (χ0) is 14.4. The first-order valence-corrected chi connectivity index (χ1v) is 7.43. The van der Waals surface area contributed by atoms with Crippen molar-refractivity contribution in [3.05, 3.63) is 29.8 Å². The van der Waals surface area contributed by atoms with Crippen LogP contribution in [-0.2, 0) is 11.2 Å². The summed E-state index contributed by atoms with van der Waals surface area (Å²) in [4.78, 5) is 12.1. The summed E-state index contributed by atoms with van der Waals surface area (Å²) >= 11 is 0. The highest BCUT2D eigenvalue weighted by Gasteiger charge is 2.36. The summed E-state index contributed by atoms with van der Waals surface area (Å²) in [6.07, 6.45) is 4.47. The molecule has 0 heterocycles. The molecule has 0 spiro atoms. The van der Waals surface area contributed by atoms with Crippen LogP contribution in [0.5, 0.6) is 5.75 Å². The standard InChI is InChI=1S/C16H24N2O2/c1-2-20-14-8-4-3-7-13(14)9-12-18-15(19)16(17)10-5-6-11-16/h3-4,7-8H,2,5-6,9-12,17H2,1H3,(H,18,19). The molecule has 4 nitrogen and oxygen atoms in total. The van der Waals surface area contributed by atoms with E-state index in [0.717, 1.165) is 43.4 Å². The predicted octanol–water partition coefficient (Wildman–Crippen LogP) is 2.02. The molecule has 0 atom stereocenters. The van der Waals surface area contributed by atoms with E-state index in [1.165, 1.54) is 0 Å². The molecule has 1 saturated carbocycles. The number of amides is 1. The van der Waals surface area contributed by atoms with Gasteiger partial charge in [-0.15, -0.1) is 0 Å². The van der Waals surface area contributed by atoms with Crippen molar-refractivity contribution < 1.29 is 9.53 Å². The van der Waals surface area contributed by atoms with Crippen LogP contribution < -0.4 is 15.8 Å². The summed E-state index contributed by atoms with van der Waals surface area (Å²) in [6, 6.07) is 7.94. The van der Waals surface area contributed by atoms with Gasteiger partial charge in [-0.2, -0.15) is 0 Å². The minimum absolute atomic E-state index is 0.0103. The molecule has 110 valence electrons. The van der Waals surface area contributed by atoms with Crippen LogP contribution >= 0.6 is 0 Å². The van der Waals surface area contributed by atoms with Crippen molar-refractivity contribution in [2.75, 3.05) is 13.2 Å². The van der Waals surface area contributed by atoms with Crippen LogP contribution in [0.2, 0.25) is 0 Å². The van der Waals surface area contributed by atoms with Gasteiger partial charge < -0.3 is 15.8 Å². The van der Waals surface area contributed by atoms with Gasteiger partial charge in [0.05, 0.1) is 12.1 Å². The van der Waals surface area contributed by atoms with Crippen LogP contribution in [0.1, 0.15) is 38.2 Å². The Morgan fingerprint density at radius 1 is 1.35 bits per heavy atom. The molecule has 1 aliphatic carbocycles. The average Bonchev–Trinajstić information content (AvgIpc) is 2.89. The lowest BCUT2D eigenvalue weighted by Crippen LogP contribution is -2.52. The molecule has 0 aromatic heterocycles. The molecule has 0 aliphatic heterocycles. The van der Waals surface area contributed by atoms with Gasteiger partial charge in [0.1, 0.15) is 5.75 Å². The largest absolute Gasteiger partial charge is 0.494 e. The molecule has 1 aliphatic rings. The summed E-state index contributed by atoms with van der Waals surface area (Å²) in [7, 11) is 0. The SMILES string of the molecule is CCOc1ccccc1CCNC(=O)C1(N)CCCC1. The topological polar surface area (TPSA) is 64.3 Å². The Balaban J connectivity index is 1.85. The first kappa shape index (κ1) is 14.9. The molecule has 0 unspecified atom stereocenters. The molecule has 3 N–H and O–H groups in total. The highest BCUT2D eigenvalue weighted by Crippen LogP contribution is 2.27. The van der Waals surface area contributed by atoms with E-state index in [9.17, 15) is 4.79 Å². The van der Waals surface area contributed by atoms with Crippen LogP contribution in [0.15, 0.2) is 24.3 Å². The van der Waals surface area contributed by atoms with Crippen molar-refractivity contribution in [2.24, 2.45) is 5.73 Å². The summed E-state index contributed by atoms with van der Waals surface area (Å²) < 4.78 is 5.58. The number of hydrogen-bond acceptors (Lipinski definition) is 3. The number of nitrogens with two attached hydrogens (primary N) is 1. The fraction of sp³-hybridized carbons (Fsp3) is 0.562. The van der Waals surface area contributed by atoms with Gasteiger partial charge in [-0.1, -0.05) is 31.0 Å². The van der Waals surface area contributed by atoms with Crippen LogP contribution in [0.3, 0.4) is 0 Å². The van der Waals surface area contributed by atoms with Gasteiger partial charge in [0.15, 0.2) is 0 Å². The van der Waals surface area contributed by atoms with Crippen LogP contribution in [0.4, 0.5) is 0 Å². The number of hydrogen-bond donors (Lipinski definition) is 2. The molecule has 20 heavy (non-hydrogen) atoms. The van der Waals surface area contributed by atoms with E-state index in [-0.39, 0.29) is 5.91 Å². The number of para-hydroxylation sites is 1. The van der Waals surface area contributed by atoms with Crippen molar-refractivity contribution in [1.82, 2.24) is 5.32 Å². The maximum atomic E-state index is 12.1. The molecular weight excluding hydrogens is 252 g/mol. The monoisotopic (exact) mass is 276 g/mol. The number of ether oxygens (including phenoxy) is 1. The normalized spacial score (nSPS) is 16.9. The molecule has 2 rings (SSSR count). The van der Waals surface area contributed by atoms with Crippen LogP contribution in [0.25, 0.3) is 0 Å². The highest BCUT2D eigenvalue weighted by atomic mass is 16.5. The lowest BCUT2D eigenvalue weighted by Gasteiger charge is -2.22. The highest BCUT2D eigenvalue weighted by molar-refractivity contribution is 5.86. The molecule has 1 aromatic rings. The number of carbonyl (C=O) groups is 1. The first-order valence-electron chi connectivity index (χ1n) is 7.43. The van der Waals surface area contributed by atoms with E-state index in [1.54, 1.807) is 0 Å². The molecule has 1 fully saturated rings. The number of carbonyl (C=O) groups excluding carboxylic acids is 1. The Kier molecular flexibility index (Phi) is 5.01. The molecule has 1 aromatic carbocycles. The van der Waals surface area contributed by atoms with Gasteiger partial charge in [-0.3, -0.25) is 4.79 Å². The molecule has 4 heteroatoms. The quantitative estimate of drug-likeness (QED) is 0.835. The third kappa shape index (κ3) is 3.51. The lowest BCUT2D eigenvalue weighted by molar-refractivity contribution is -0.126. The molecule has 1 amide bonds. The molecule has 0 radical (unpaired) electrons. The van der Waals surface area contributed by atoms with Crippen molar-refractivity contribution in [3.8, 4) is 5.75 Å². The zero-order valence-electron chi connectivity index (χ0n) is 12.2. The third-order valence-corrected chi connectivity index (χ3v) is 3.90. The summed E-state index contributed by atoms with van der Waals surface area (Å²) in [5.74, 6) is 0.886. The fourth-order valence-corrected chi connectivity index (χ4v) is 2.73. The third-order valence-electron chi connectivity index (χ3n) is 3.90. The van der Waals surface area contributed by atoms with E-state index in [1.807, 2.05) is 31.2 Å². The lowest BCUT2D eigenvalue weighted by atomic mass is 9.98. The van der Waals surface area contributed by atoms with Crippen LogP contribution in [-0.4, -0.2) is 24.6 Å². The fourth-order valence-electron chi connectivity index (χ4n) is 2.73. The first-order chi connectivity index (χ1) is 9.65. The smallest absolute Gasteiger partial charge is 0.240 e. The van der Waals surface area contributed by atoms with Gasteiger partial charge in [-0.05, 0) is 37.8 Å². The Hall–Kier alpha value is -1.55. The van der Waals surface area contributed by atoms with E-state index < -0.39 is 5.54 Å². The van der Waals surface area contributed by atoms with E-state index in [4.69, 9.17) is 10.5 Å². The number of benzene rings is 1. The van der Waals surface area contributed by atoms with Gasteiger partial charge in [-0.25, -0.2) is 0 Å². The Morgan fingerprint density at radius 3 is 2.75 bits per heavy atom. The van der Waals surface area contributed by atoms with E-state index in [0.29, 0.717) is 13.2 Å². The van der Waals surface area contributed by atoms with E-state index >= 15 is 0 Å². The average molecular weight is 276 g/mol. The summed E-state index contributed by atoms with van der Waals surface area (Å²) in [5.41, 5.74) is 6.60. The summed E-state index contributed by atoms with van der Waals surface area (Å²) in [6.45, 7) is 3.22. The summed E-state index contributed by atoms with van der Waals surface area (Å²) in [5, 5.41) is 2.96. The van der Waals surface area contributed by atoms with Crippen molar-refractivity contribution in [1.29, 1.82) is 0 Å². The zero-order valence-corrected chi connectivity index (χ0v) is 12.2. The minimum Gasteiger partial charge on any atom is -0.494 e. The maximum Gasteiger partial charge on any atom is 0.240 e. The maximum absolute atomic E-state index is 12.1. The van der Waals surface area contributed by atoms with Gasteiger partial charge >= 0.3 is 0 Å². The van der Waals surface area contributed by atoms with Crippen molar-refractivity contribution in [2.45, 2.75) is 44.6 Å². The van der Waals surface area contributed by atoms with Gasteiger partial charge in [0, 0.05) is 6.54 Å². The second-order valence-electron chi connectivity index (χ2n) is 5.41.